The first-order valence-corrected chi connectivity index (χ1v) is 21.0. The molecule has 0 bridgehead atoms. The van der Waals surface area contributed by atoms with Crippen molar-refractivity contribution < 1.29 is 27.2 Å². The Labute approximate surface area is 342 Å². The maximum Gasteiger partial charge on any atom is 0.270 e. The zero-order valence-corrected chi connectivity index (χ0v) is 32.7. The molecule has 2 aromatic carbocycles. The standard InChI is InChI=1S/C44H18F4N4O2S4/c1-51-31(16-49)34-20-12-27(45)29(47)14-22(20)37(53)24(34)8-18-10-26-39(55-18)41-36(44(26)6-4-3-5-7-44)42-43(58-41)40-33(57-42)11-19(56-40)9-25-35(32(17-50)52-2)21-13-28(46)30(48)15-23(21)38(25)54/h8-15H,3-7H2/b24-8-,25-9+,34-31+,35-32-. The van der Waals surface area contributed by atoms with Crippen LogP contribution in [0.2, 0.25) is 0 Å². The van der Waals surface area contributed by atoms with Crippen LogP contribution in [-0.2, 0) is 5.41 Å². The number of benzene rings is 2. The van der Waals surface area contributed by atoms with E-state index in [1.165, 1.54) is 32.9 Å². The molecule has 14 heteroatoms. The van der Waals surface area contributed by atoms with Crippen molar-refractivity contribution in [2.24, 2.45) is 0 Å². The van der Waals surface area contributed by atoms with Gasteiger partial charge in [-0.2, -0.15) is 0 Å². The van der Waals surface area contributed by atoms with Gasteiger partial charge in [0.1, 0.15) is 0 Å². The third-order valence-electron chi connectivity index (χ3n) is 11.3. The molecule has 1 spiro atoms. The number of rotatable bonds is 2. The number of Topliss-reactive ketones (excluding diaryl/α,β-unsaturated/α-hetero) is 2. The molecule has 0 amide bonds. The number of allylic oxidation sites excluding steroid dienone is 6. The first-order chi connectivity index (χ1) is 28.0. The Bertz CT molecular complexity index is 3270. The average molecular weight is 839 g/mol. The van der Waals surface area contributed by atoms with Crippen molar-refractivity contribution in [3.05, 3.63) is 148 Å². The molecule has 4 aliphatic carbocycles. The van der Waals surface area contributed by atoms with E-state index in [0.29, 0.717) is 9.75 Å². The van der Waals surface area contributed by atoms with Gasteiger partial charge in [-0.25, -0.2) is 37.8 Å². The number of ketones is 2. The van der Waals surface area contributed by atoms with E-state index in [-0.39, 0.29) is 55.7 Å². The van der Waals surface area contributed by atoms with Gasteiger partial charge in [-0.15, -0.1) is 45.3 Å². The minimum atomic E-state index is -1.20. The molecule has 0 aliphatic heterocycles. The van der Waals surface area contributed by atoms with Crippen molar-refractivity contribution in [2.75, 3.05) is 0 Å². The maximum atomic E-state index is 14.4. The maximum absolute atomic E-state index is 14.4. The van der Waals surface area contributed by atoms with E-state index < -0.39 is 40.5 Å². The summed E-state index contributed by atoms with van der Waals surface area (Å²) in [5.41, 5.74) is 1.20. The predicted octanol–water partition coefficient (Wildman–Crippen LogP) is 12.9. The van der Waals surface area contributed by atoms with Crippen LogP contribution < -0.4 is 0 Å². The predicted molar refractivity (Wildman–Crippen MR) is 218 cm³/mol. The van der Waals surface area contributed by atoms with Crippen molar-refractivity contribution >= 4 is 99.0 Å². The van der Waals surface area contributed by atoms with E-state index in [1.54, 1.807) is 40.9 Å². The number of hydrogen-bond donors (Lipinski definition) is 0. The average Bonchev–Trinajstić information content (AvgIpc) is 4.07. The fourth-order valence-corrected chi connectivity index (χ4v) is 14.7. The largest absolute Gasteiger partial charge is 0.289 e. The Kier molecular flexibility index (Phi) is 8.02. The van der Waals surface area contributed by atoms with Gasteiger partial charge >= 0.3 is 0 Å². The molecule has 0 atom stereocenters. The van der Waals surface area contributed by atoms with Gasteiger partial charge in [0.25, 0.3) is 11.4 Å². The molecule has 4 heterocycles. The summed E-state index contributed by atoms with van der Waals surface area (Å²) in [6, 6.07) is 11.0. The molecule has 6 aromatic rings. The van der Waals surface area contributed by atoms with Gasteiger partial charge in [0.05, 0.1) is 44.3 Å². The zero-order chi connectivity index (χ0) is 40.4. The molecule has 0 radical (unpaired) electrons. The van der Waals surface area contributed by atoms with Gasteiger partial charge in [-0.1, -0.05) is 19.3 Å². The highest BCUT2D eigenvalue weighted by Crippen LogP contribution is 2.65. The number of carbonyl (C=O) groups is 2. The lowest BCUT2D eigenvalue weighted by Crippen LogP contribution is -2.27. The lowest BCUT2D eigenvalue weighted by molar-refractivity contribution is 0.103. The number of halogens is 4. The Morgan fingerprint density at radius 2 is 1.16 bits per heavy atom. The van der Waals surface area contributed by atoms with E-state index in [1.807, 2.05) is 12.1 Å². The van der Waals surface area contributed by atoms with Gasteiger partial charge in [-0.3, -0.25) is 9.59 Å². The fraction of sp³-hybridized carbons (Fsp3) is 0.136. The summed E-state index contributed by atoms with van der Waals surface area (Å²) in [5, 5.41) is 19.5. The number of carbonyl (C=O) groups excluding carboxylic acids is 2. The molecule has 58 heavy (non-hydrogen) atoms. The summed E-state index contributed by atoms with van der Waals surface area (Å²) in [7, 11) is 0. The lowest BCUT2D eigenvalue weighted by Gasteiger charge is -2.35. The first kappa shape index (κ1) is 36.1. The van der Waals surface area contributed by atoms with E-state index in [9.17, 15) is 37.7 Å². The summed E-state index contributed by atoms with van der Waals surface area (Å²) >= 11 is 6.25. The smallest absolute Gasteiger partial charge is 0.270 e. The normalized spacial score (nSPS) is 19.3. The first-order valence-electron chi connectivity index (χ1n) is 17.7. The third-order valence-corrected chi connectivity index (χ3v) is 16.4. The Morgan fingerprint density at radius 3 is 1.67 bits per heavy atom. The summed E-state index contributed by atoms with van der Waals surface area (Å²) in [5.74, 6) is -5.96. The molecule has 0 N–H and O–H groups in total. The number of nitrogens with zero attached hydrogens (tertiary/aromatic N) is 4. The fourth-order valence-electron chi connectivity index (χ4n) is 8.91. The van der Waals surface area contributed by atoms with Crippen molar-refractivity contribution in [3.63, 3.8) is 0 Å². The molecule has 4 aliphatic rings. The van der Waals surface area contributed by atoms with Crippen LogP contribution in [0.25, 0.3) is 61.5 Å². The van der Waals surface area contributed by atoms with Crippen LogP contribution in [0.15, 0.2) is 58.9 Å². The molecular formula is C44H18F4N4O2S4. The summed E-state index contributed by atoms with van der Waals surface area (Å²) in [6.07, 6.45) is 8.18. The highest BCUT2D eigenvalue weighted by Gasteiger charge is 2.48. The van der Waals surface area contributed by atoms with Crippen LogP contribution in [0.3, 0.4) is 0 Å². The van der Waals surface area contributed by atoms with Gasteiger partial charge in [0, 0.05) is 63.7 Å². The lowest BCUT2D eigenvalue weighted by atomic mass is 9.68. The van der Waals surface area contributed by atoms with Crippen LogP contribution >= 0.6 is 45.3 Å². The zero-order valence-electron chi connectivity index (χ0n) is 29.4. The van der Waals surface area contributed by atoms with Crippen molar-refractivity contribution in [1.29, 1.82) is 10.5 Å². The van der Waals surface area contributed by atoms with Gasteiger partial charge in [0.15, 0.2) is 34.8 Å². The number of hydrogen-bond acceptors (Lipinski definition) is 8. The summed E-state index contributed by atoms with van der Waals surface area (Å²) in [6.45, 7) is 15.2. The minimum Gasteiger partial charge on any atom is -0.289 e. The molecule has 278 valence electrons. The summed E-state index contributed by atoms with van der Waals surface area (Å²) < 4.78 is 61.6. The molecule has 1 fully saturated rings. The second-order valence-electron chi connectivity index (χ2n) is 14.2. The van der Waals surface area contributed by atoms with Gasteiger partial charge < -0.3 is 0 Å². The van der Waals surface area contributed by atoms with Crippen LogP contribution in [0.5, 0.6) is 0 Å². The molecular weight excluding hydrogens is 821 g/mol. The molecule has 0 saturated heterocycles. The number of nitriles is 2. The number of thiophene rings is 4. The van der Waals surface area contributed by atoms with E-state index in [2.05, 4.69) is 15.8 Å². The van der Waals surface area contributed by atoms with Crippen LogP contribution in [-0.4, -0.2) is 11.6 Å². The van der Waals surface area contributed by atoms with E-state index in [0.717, 1.165) is 85.8 Å². The Hall–Kier alpha value is -6.26. The van der Waals surface area contributed by atoms with E-state index in [4.69, 9.17) is 13.1 Å². The SMILES string of the molecule is [C-]#[N+]/C(C#N)=C1\C(=C/c2cc3sc4c5c(sc4c3s2)-c2sc(/C=C3\C(=O)c4cc(F)c(F)cc4\C3=C(\C#N)[N+]#[C-])cc2C52CCCCC2)C(=O)c2cc(F)c(F)cc21. The topological polar surface area (TPSA) is 90.4 Å². The van der Waals surface area contributed by atoms with Crippen molar-refractivity contribution in [1.82, 2.24) is 0 Å². The third kappa shape index (κ3) is 4.87. The van der Waals surface area contributed by atoms with Gasteiger partial charge in [0.2, 0.25) is 0 Å². The molecule has 10 rings (SSSR count). The van der Waals surface area contributed by atoms with Crippen molar-refractivity contribution in [3.8, 4) is 21.9 Å². The quantitative estimate of drug-likeness (QED) is 0.0752. The van der Waals surface area contributed by atoms with E-state index >= 15 is 0 Å². The highest BCUT2D eigenvalue weighted by molar-refractivity contribution is 7.40. The second kappa shape index (κ2) is 12.9. The number of fused-ring (bicyclic) bond motifs is 11. The minimum absolute atomic E-state index is 0.00598. The van der Waals surface area contributed by atoms with Crippen LogP contribution in [0.1, 0.15) is 84.8 Å². The van der Waals surface area contributed by atoms with Crippen LogP contribution in [0, 0.1) is 59.1 Å². The summed E-state index contributed by atoms with van der Waals surface area (Å²) in [4.78, 5) is 37.5. The van der Waals surface area contributed by atoms with Gasteiger partial charge in [-0.05, 0) is 78.1 Å². The molecule has 1 saturated carbocycles. The molecule has 4 aromatic heterocycles. The molecule has 0 unspecified atom stereocenters. The monoisotopic (exact) mass is 838 g/mol. The second-order valence-corrected chi connectivity index (χ2v) is 18.5. The highest BCUT2D eigenvalue weighted by atomic mass is 32.1. The Morgan fingerprint density at radius 1 is 0.638 bits per heavy atom. The van der Waals surface area contributed by atoms with Crippen molar-refractivity contribution in [2.45, 2.75) is 37.5 Å². The Balaban J connectivity index is 1.11. The molecule has 6 nitrogen and oxygen atoms in total. The van der Waals surface area contributed by atoms with Crippen LogP contribution in [0.4, 0.5) is 17.6 Å².